The molecule has 1 aromatic carbocycles. The van der Waals surface area contributed by atoms with Gasteiger partial charge in [-0.25, -0.2) is 4.98 Å². The smallest absolute Gasteiger partial charge is 0.201 e. The molecule has 0 unspecified atom stereocenters. The molecule has 0 saturated heterocycles. The zero-order chi connectivity index (χ0) is 11.2. The first-order chi connectivity index (χ1) is 7.67. The minimum absolute atomic E-state index is 0.133. The van der Waals surface area contributed by atoms with Crippen LogP contribution in [0.1, 0.15) is 38.5 Å². The van der Waals surface area contributed by atoms with E-state index in [2.05, 4.69) is 11.9 Å². The molecular weight excluding hydrogens is 200 g/mol. The summed E-state index contributed by atoms with van der Waals surface area (Å²) >= 11 is 0. The molecule has 0 atom stereocenters. The van der Waals surface area contributed by atoms with Crippen molar-refractivity contribution in [2.24, 2.45) is 0 Å². The van der Waals surface area contributed by atoms with Gasteiger partial charge in [0, 0.05) is 11.1 Å². The second-order valence-corrected chi connectivity index (χ2v) is 5.01. The number of hydrogen-bond acceptors (Lipinski definition) is 3. The molecule has 3 nitrogen and oxygen atoms in total. The number of rotatable bonds is 1. The number of aromatic nitrogens is 1. The van der Waals surface area contributed by atoms with E-state index >= 15 is 0 Å². The minimum atomic E-state index is 0.133. The highest BCUT2D eigenvalue weighted by molar-refractivity contribution is 5.76. The Balaban J connectivity index is 2.11. The van der Waals surface area contributed by atoms with E-state index in [9.17, 15) is 0 Å². The van der Waals surface area contributed by atoms with Crippen molar-refractivity contribution in [2.45, 2.75) is 38.0 Å². The summed E-state index contributed by atoms with van der Waals surface area (Å²) in [6.07, 6.45) is 4.90. The Morgan fingerprint density at radius 2 is 2.06 bits per heavy atom. The first kappa shape index (κ1) is 9.70. The average molecular weight is 216 g/mol. The van der Waals surface area contributed by atoms with Crippen LogP contribution in [0, 0.1) is 0 Å². The van der Waals surface area contributed by atoms with Crippen LogP contribution >= 0.6 is 0 Å². The number of anilines is 1. The molecule has 0 aliphatic heterocycles. The fourth-order valence-corrected chi connectivity index (χ4v) is 2.57. The van der Waals surface area contributed by atoms with Gasteiger partial charge >= 0.3 is 0 Å². The maximum Gasteiger partial charge on any atom is 0.201 e. The maximum atomic E-state index is 5.84. The zero-order valence-corrected chi connectivity index (χ0v) is 9.49. The summed E-state index contributed by atoms with van der Waals surface area (Å²) in [7, 11) is 0. The van der Waals surface area contributed by atoms with Gasteiger partial charge in [0.05, 0.1) is 0 Å². The number of nitrogens with two attached hydrogens (primary N) is 1. The van der Waals surface area contributed by atoms with Crippen LogP contribution in [0.5, 0.6) is 0 Å². The molecule has 2 aromatic rings. The number of nitrogen functional groups attached to an aromatic ring is 1. The Labute approximate surface area is 94.7 Å². The second-order valence-electron chi connectivity index (χ2n) is 5.01. The largest absolute Gasteiger partial charge is 0.440 e. The number of benzene rings is 1. The van der Waals surface area contributed by atoms with Crippen LogP contribution in [0.15, 0.2) is 22.6 Å². The van der Waals surface area contributed by atoms with Crippen molar-refractivity contribution in [3.05, 3.63) is 24.1 Å². The lowest BCUT2D eigenvalue weighted by atomic mass is 9.89. The minimum Gasteiger partial charge on any atom is -0.440 e. The quantitative estimate of drug-likeness (QED) is 0.744. The van der Waals surface area contributed by atoms with Crippen LogP contribution in [-0.4, -0.2) is 4.98 Å². The van der Waals surface area contributed by atoms with Gasteiger partial charge in [-0.15, -0.1) is 0 Å². The molecule has 1 heterocycles. The second kappa shape index (κ2) is 3.24. The van der Waals surface area contributed by atoms with Crippen LogP contribution in [0.3, 0.4) is 0 Å². The molecule has 1 aliphatic rings. The first-order valence-corrected chi connectivity index (χ1v) is 5.84. The predicted molar refractivity (Wildman–Crippen MR) is 64.2 cm³/mol. The third-order valence-electron chi connectivity index (χ3n) is 3.64. The van der Waals surface area contributed by atoms with E-state index in [0.717, 1.165) is 22.7 Å². The lowest BCUT2D eigenvalue weighted by Crippen LogP contribution is -2.16. The molecule has 1 aromatic heterocycles. The van der Waals surface area contributed by atoms with Crippen LogP contribution in [0.2, 0.25) is 0 Å². The summed E-state index contributed by atoms with van der Waals surface area (Å²) in [6, 6.07) is 5.63. The Bertz CT molecular complexity index is 524. The molecule has 0 amide bonds. The van der Waals surface area contributed by atoms with Gasteiger partial charge in [0.1, 0.15) is 5.52 Å². The maximum absolute atomic E-state index is 5.84. The van der Waals surface area contributed by atoms with Crippen molar-refractivity contribution in [1.29, 1.82) is 0 Å². The van der Waals surface area contributed by atoms with Gasteiger partial charge in [-0.05, 0) is 31.0 Å². The van der Waals surface area contributed by atoms with Gasteiger partial charge in [-0.3, -0.25) is 0 Å². The van der Waals surface area contributed by atoms with Crippen LogP contribution < -0.4 is 5.73 Å². The molecule has 0 radical (unpaired) electrons. The van der Waals surface area contributed by atoms with Crippen molar-refractivity contribution in [3.8, 4) is 0 Å². The third kappa shape index (κ3) is 1.39. The number of oxazole rings is 1. The molecule has 1 aliphatic carbocycles. The fourth-order valence-electron chi connectivity index (χ4n) is 2.57. The van der Waals surface area contributed by atoms with E-state index < -0.39 is 0 Å². The topological polar surface area (TPSA) is 52.0 Å². The van der Waals surface area contributed by atoms with E-state index in [-0.39, 0.29) is 5.41 Å². The first-order valence-electron chi connectivity index (χ1n) is 5.84. The Kier molecular flexibility index (Phi) is 1.96. The molecule has 0 bridgehead atoms. The monoisotopic (exact) mass is 216 g/mol. The van der Waals surface area contributed by atoms with Gasteiger partial charge in [0.2, 0.25) is 5.89 Å². The van der Waals surface area contributed by atoms with E-state index in [1.54, 1.807) is 0 Å². The molecule has 2 N–H and O–H groups in total. The Morgan fingerprint density at radius 1 is 1.31 bits per heavy atom. The van der Waals surface area contributed by atoms with Crippen molar-refractivity contribution in [3.63, 3.8) is 0 Å². The van der Waals surface area contributed by atoms with Crippen molar-refractivity contribution in [2.75, 3.05) is 5.73 Å². The lowest BCUT2D eigenvalue weighted by Gasteiger charge is -2.17. The summed E-state index contributed by atoms with van der Waals surface area (Å²) in [6.45, 7) is 2.24. The molecule has 84 valence electrons. The average Bonchev–Trinajstić information content (AvgIpc) is 2.84. The molecule has 16 heavy (non-hydrogen) atoms. The van der Waals surface area contributed by atoms with E-state index in [1.165, 1.54) is 25.7 Å². The van der Waals surface area contributed by atoms with Crippen LogP contribution in [0.4, 0.5) is 5.69 Å². The highest BCUT2D eigenvalue weighted by atomic mass is 16.3. The van der Waals surface area contributed by atoms with Gasteiger partial charge in [0.15, 0.2) is 5.58 Å². The fraction of sp³-hybridized carbons (Fsp3) is 0.462. The normalized spacial score (nSPS) is 19.3. The summed E-state index contributed by atoms with van der Waals surface area (Å²) in [5, 5.41) is 0. The Hall–Kier alpha value is -1.51. The molecule has 0 spiro atoms. The summed E-state index contributed by atoms with van der Waals surface area (Å²) in [5.74, 6) is 0.880. The highest BCUT2D eigenvalue weighted by Crippen LogP contribution is 2.41. The molecule has 1 saturated carbocycles. The van der Waals surface area contributed by atoms with Gasteiger partial charge in [0.25, 0.3) is 0 Å². The zero-order valence-electron chi connectivity index (χ0n) is 9.49. The van der Waals surface area contributed by atoms with E-state index in [0.29, 0.717) is 0 Å². The number of hydrogen-bond donors (Lipinski definition) is 1. The van der Waals surface area contributed by atoms with Gasteiger partial charge in [-0.1, -0.05) is 19.8 Å². The molecule has 3 rings (SSSR count). The summed E-state index contributed by atoms with van der Waals surface area (Å²) in [4.78, 5) is 4.58. The summed E-state index contributed by atoms with van der Waals surface area (Å²) < 4.78 is 5.84. The third-order valence-corrected chi connectivity index (χ3v) is 3.64. The van der Waals surface area contributed by atoms with Crippen molar-refractivity contribution < 1.29 is 4.42 Å². The lowest BCUT2D eigenvalue weighted by molar-refractivity contribution is 0.364. The van der Waals surface area contributed by atoms with Crippen molar-refractivity contribution in [1.82, 2.24) is 4.98 Å². The van der Waals surface area contributed by atoms with Gasteiger partial charge in [-0.2, -0.15) is 0 Å². The Morgan fingerprint density at radius 3 is 2.81 bits per heavy atom. The molecule has 3 heteroatoms. The summed E-state index contributed by atoms with van der Waals surface area (Å²) in [5.41, 5.74) is 8.33. The highest BCUT2D eigenvalue weighted by Gasteiger charge is 2.35. The molecule has 1 fully saturated rings. The SMILES string of the molecule is CC1(c2nc3cc(N)ccc3o2)CCCC1. The van der Waals surface area contributed by atoms with Crippen LogP contribution in [0.25, 0.3) is 11.1 Å². The van der Waals surface area contributed by atoms with Crippen molar-refractivity contribution >= 4 is 16.8 Å². The van der Waals surface area contributed by atoms with Gasteiger partial charge < -0.3 is 10.2 Å². The number of fused-ring (bicyclic) bond motifs is 1. The van der Waals surface area contributed by atoms with Crippen LogP contribution in [-0.2, 0) is 5.41 Å². The van der Waals surface area contributed by atoms with E-state index in [1.807, 2.05) is 18.2 Å². The predicted octanol–water partition coefficient (Wildman–Crippen LogP) is 3.24. The molecular formula is C13H16N2O. The standard InChI is InChI=1S/C13H16N2O/c1-13(6-2-3-7-13)12-15-10-8-9(14)4-5-11(10)16-12/h4-5,8H,2-3,6-7,14H2,1H3. The van der Waals surface area contributed by atoms with E-state index in [4.69, 9.17) is 10.2 Å². The number of nitrogens with zero attached hydrogens (tertiary/aromatic N) is 1.